The highest BCUT2D eigenvalue weighted by Gasteiger charge is 2.48. The van der Waals surface area contributed by atoms with Gasteiger partial charge in [0.25, 0.3) is 0 Å². The highest BCUT2D eigenvalue weighted by atomic mass is 32.2. The molecule has 0 bridgehead atoms. The number of halogens is 3. The van der Waals surface area contributed by atoms with Crippen LogP contribution in [0.1, 0.15) is 45.4 Å². The largest absolute Gasteiger partial charge is 0.493 e. The van der Waals surface area contributed by atoms with Crippen LogP contribution in [0.4, 0.5) is 18.9 Å². The van der Waals surface area contributed by atoms with Crippen LogP contribution < -0.4 is 9.75 Å². The number of benzene rings is 1. The second kappa shape index (κ2) is 9.96. The number of rotatable bonds is 8. The van der Waals surface area contributed by atoms with Crippen molar-refractivity contribution in [2.45, 2.75) is 62.9 Å². The average molecular weight is 518 g/mol. The van der Waals surface area contributed by atoms with Crippen molar-refractivity contribution in [2.24, 2.45) is 16.9 Å². The zero-order chi connectivity index (χ0) is 25.4. The summed E-state index contributed by atoms with van der Waals surface area (Å²) in [7, 11) is -3.25. The number of hydrazone groups is 1. The number of hydrogen-bond acceptors (Lipinski definition) is 6. The number of ether oxygens (including phenoxy) is 1. The fourth-order valence-corrected chi connectivity index (χ4v) is 7.19. The van der Waals surface area contributed by atoms with E-state index in [0.717, 1.165) is 37.1 Å². The molecule has 1 saturated carbocycles. The molecular weight excluding hydrogens is 487 g/mol. The van der Waals surface area contributed by atoms with Crippen LogP contribution in [0.3, 0.4) is 0 Å². The molecule has 1 N–H and O–H groups in total. The van der Waals surface area contributed by atoms with Crippen molar-refractivity contribution in [1.29, 1.82) is 0 Å². The van der Waals surface area contributed by atoms with Crippen molar-refractivity contribution < 1.29 is 36.2 Å². The third-order valence-corrected chi connectivity index (χ3v) is 9.39. The van der Waals surface area contributed by atoms with Crippen LogP contribution >= 0.6 is 0 Å². The van der Waals surface area contributed by atoms with Gasteiger partial charge in [0, 0.05) is 24.9 Å². The molecule has 12 heteroatoms. The van der Waals surface area contributed by atoms with Crippen molar-refractivity contribution >= 4 is 27.4 Å². The predicted octanol–water partition coefficient (Wildman–Crippen LogP) is 3.88. The summed E-state index contributed by atoms with van der Waals surface area (Å²) in [5.74, 6) is -1.73. The summed E-state index contributed by atoms with van der Waals surface area (Å²) in [5, 5.41) is 13.7. The van der Waals surface area contributed by atoms with Gasteiger partial charge < -0.3 is 9.84 Å². The molecule has 2 heterocycles. The van der Waals surface area contributed by atoms with E-state index < -0.39 is 46.3 Å². The highest BCUT2D eigenvalue weighted by Crippen LogP contribution is 2.37. The number of carboxylic acid groups (broad SMARTS) is 1. The van der Waals surface area contributed by atoms with Gasteiger partial charge in [-0.05, 0) is 37.1 Å². The molecule has 2 atom stereocenters. The van der Waals surface area contributed by atoms with E-state index in [0.29, 0.717) is 31.1 Å². The summed E-state index contributed by atoms with van der Waals surface area (Å²) in [6, 6.07) is 5.31. The molecule has 1 aromatic rings. The molecule has 1 saturated heterocycles. The highest BCUT2D eigenvalue weighted by molar-refractivity contribution is 7.89. The number of nitrogens with zero attached hydrogens (tertiary/aromatic N) is 3. The first kappa shape index (κ1) is 25.7. The lowest BCUT2D eigenvalue weighted by atomic mass is 9.94. The number of carbonyl (C=O) groups is 1. The molecule has 35 heavy (non-hydrogen) atoms. The van der Waals surface area contributed by atoms with Crippen molar-refractivity contribution in [3.63, 3.8) is 0 Å². The molecule has 3 aliphatic rings. The third kappa shape index (κ3) is 5.58. The van der Waals surface area contributed by atoms with Crippen LogP contribution in [0.2, 0.25) is 0 Å². The number of carboxylic acids is 1. The van der Waals surface area contributed by atoms with Crippen LogP contribution in [0.25, 0.3) is 0 Å². The Morgan fingerprint density at radius 2 is 1.77 bits per heavy atom. The van der Waals surface area contributed by atoms with E-state index in [1.807, 2.05) is 0 Å². The maximum atomic E-state index is 13.3. The Morgan fingerprint density at radius 3 is 2.34 bits per heavy atom. The molecule has 1 aromatic carbocycles. The van der Waals surface area contributed by atoms with Crippen LogP contribution in [-0.2, 0) is 14.8 Å². The van der Waals surface area contributed by atoms with Gasteiger partial charge >= 0.3 is 12.1 Å². The minimum absolute atomic E-state index is 0.0753. The Balaban J connectivity index is 1.33. The number of alkyl halides is 3. The van der Waals surface area contributed by atoms with E-state index in [1.54, 1.807) is 24.3 Å². The van der Waals surface area contributed by atoms with Crippen LogP contribution in [0.5, 0.6) is 5.75 Å². The van der Waals surface area contributed by atoms with E-state index in [4.69, 9.17) is 9.84 Å². The summed E-state index contributed by atoms with van der Waals surface area (Å²) in [5.41, 5.74) is -0.662. The van der Waals surface area contributed by atoms with Gasteiger partial charge in [-0.25, -0.2) is 12.7 Å². The Morgan fingerprint density at radius 1 is 1.14 bits per heavy atom. The van der Waals surface area contributed by atoms with E-state index in [9.17, 15) is 26.4 Å². The Bertz CT molecular complexity index is 1050. The monoisotopic (exact) mass is 517 g/mol. The minimum Gasteiger partial charge on any atom is -0.493 e. The third-order valence-electron chi connectivity index (χ3n) is 7.06. The number of hydrogen-bond donors (Lipinski definition) is 1. The molecule has 1 aliphatic carbocycles. The molecular formula is C23H30F3N3O5S. The average Bonchev–Trinajstić information content (AvgIpc) is 3.09. The minimum atomic E-state index is -4.64. The van der Waals surface area contributed by atoms with Gasteiger partial charge in [-0.2, -0.15) is 18.3 Å². The van der Waals surface area contributed by atoms with Crippen molar-refractivity contribution in [2.75, 3.05) is 24.7 Å². The van der Waals surface area contributed by atoms with Gasteiger partial charge in [-0.1, -0.05) is 26.2 Å². The lowest BCUT2D eigenvalue weighted by Gasteiger charge is -2.40. The predicted molar refractivity (Wildman–Crippen MR) is 124 cm³/mol. The molecule has 0 spiro atoms. The topological polar surface area (TPSA) is 99.5 Å². The van der Waals surface area contributed by atoms with Gasteiger partial charge in [-0.15, -0.1) is 0 Å². The van der Waals surface area contributed by atoms with Gasteiger partial charge in [0.1, 0.15) is 11.5 Å². The van der Waals surface area contributed by atoms with E-state index in [-0.39, 0.29) is 11.2 Å². The van der Waals surface area contributed by atoms with E-state index in [2.05, 4.69) is 5.10 Å². The van der Waals surface area contributed by atoms with Crippen LogP contribution in [0.15, 0.2) is 29.4 Å². The summed E-state index contributed by atoms with van der Waals surface area (Å²) in [6.07, 6.45) is -0.672. The number of sulfonamides is 1. The second-order valence-electron chi connectivity index (χ2n) is 9.57. The quantitative estimate of drug-likeness (QED) is 0.562. The zero-order valence-corrected chi connectivity index (χ0v) is 20.3. The smallest absolute Gasteiger partial charge is 0.431 e. The summed E-state index contributed by atoms with van der Waals surface area (Å²) >= 11 is 0. The zero-order valence-electron chi connectivity index (χ0n) is 19.4. The second-order valence-corrected chi connectivity index (χ2v) is 11.8. The van der Waals surface area contributed by atoms with Crippen LogP contribution in [0, 0.1) is 11.8 Å². The molecule has 0 radical (unpaired) electrons. The standard InChI is InChI=1S/C23H30F3N3O5S/c1-15-20(11-21(30)31)29(27-22(15)23(24,25)26)17-7-9-18(10-8-17)34-14-16-12-28(13-16)35(32,33)19-5-3-2-4-6-19/h7-10,15-16,19-20H,2-6,11-14H2,1H3,(H,30,31). The molecule has 2 unspecified atom stereocenters. The first-order valence-electron chi connectivity index (χ1n) is 11.9. The fraction of sp³-hybridized carbons (Fsp3) is 0.652. The first-order valence-corrected chi connectivity index (χ1v) is 13.4. The van der Waals surface area contributed by atoms with Gasteiger partial charge in [-0.3, -0.25) is 9.80 Å². The van der Waals surface area contributed by atoms with E-state index >= 15 is 0 Å². The fourth-order valence-electron chi connectivity index (χ4n) is 5.00. The first-order chi connectivity index (χ1) is 16.5. The molecule has 2 fully saturated rings. The lowest BCUT2D eigenvalue weighted by molar-refractivity contribution is -0.137. The molecule has 194 valence electrons. The summed E-state index contributed by atoms with van der Waals surface area (Å²) in [6.45, 7) is 2.51. The maximum absolute atomic E-state index is 13.3. The SMILES string of the molecule is CC1C(C(F)(F)F)=NN(c2ccc(OCC3CN(S(=O)(=O)C4CCCCC4)C3)cc2)C1CC(=O)O. The van der Waals surface area contributed by atoms with Crippen molar-refractivity contribution in [1.82, 2.24) is 4.31 Å². The molecule has 2 aliphatic heterocycles. The van der Waals surface area contributed by atoms with Gasteiger partial charge in [0.15, 0.2) is 0 Å². The van der Waals surface area contributed by atoms with E-state index in [1.165, 1.54) is 11.2 Å². The number of aliphatic carboxylic acids is 1. The van der Waals surface area contributed by atoms with Crippen molar-refractivity contribution in [3.8, 4) is 5.75 Å². The normalized spacial score (nSPS) is 24.8. The Hall–Kier alpha value is -2.34. The Kier molecular flexibility index (Phi) is 7.33. The molecule has 0 aromatic heterocycles. The molecule has 8 nitrogen and oxygen atoms in total. The molecule has 4 rings (SSSR count). The lowest BCUT2D eigenvalue weighted by Crippen LogP contribution is -2.54. The maximum Gasteiger partial charge on any atom is 0.431 e. The van der Waals surface area contributed by atoms with Gasteiger partial charge in [0.05, 0.1) is 30.0 Å². The van der Waals surface area contributed by atoms with Crippen molar-refractivity contribution in [3.05, 3.63) is 24.3 Å². The van der Waals surface area contributed by atoms with Gasteiger partial charge in [0.2, 0.25) is 10.0 Å². The Labute approximate surface area is 202 Å². The molecule has 0 amide bonds. The summed E-state index contributed by atoms with van der Waals surface area (Å²) in [4.78, 5) is 11.2. The summed E-state index contributed by atoms with van der Waals surface area (Å²) < 4.78 is 72.7. The van der Waals surface area contributed by atoms with Crippen LogP contribution in [-0.4, -0.2) is 66.7 Å². The number of anilines is 1.